The Morgan fingerprint density at radius 1 is 1.14 bits per heavy atom. The molecule has 0 aromatic heterocycles. The van der Waals surface area contributed by atoms with Crippen LogP contribution in [0, 0.1) is 0 Å². The lowest BCUT2D eigenvalue weighted by Gasteiger charge is -2.24. The number of likely N-dealkylation sites (tertiary alicyclic amines) is 1. The van der Waals surface area contributed by atoms with Crippen molar-refractivity contribution in [3.05, 3.63) is 23.8 Å². The highest BCUT2D eigenvalue weighted by Gasteiger charge is 2.23. The molecule has 0 radical (unpaired) electrons. The van der Waals surface area contributed by atoms with Gasteiger partial charge in [0.15, 0.2) is 17.5 Å². The maximum atomic E-state index is 6.21. The molecule has 0 amide bonds. The van der Waals surface area contributed by atoms with Crippen molar-refractivity contribution in [3.63, 3.8) is 0 Å². The van der Waals surface area contributed by atoms with E-state index in [4.69, 9.17) is 9.47 Å². The van der Waals surface area contributed by atoms with E-state index in [2.05, 4.69) is 39.6 Å². The van der Waals surface area contributed by atoms with Crippen molar-refractivity contribution in [1.82, 2.24) is 15.5 Å². The van der Waals surface area contributed by atoms with E-state index in [1.165, 1.54) is 32.2 Å². The van der Waals surface area contributed by atoms with E-state index in [1.54, 1.807) is 7.11 Å². The number of hydrogen-bond donors (Lipinski definition) is 2. The number of benzene rings is 1. The van der Waals surface area contributed by atoms with Gasteiger partial charge in [-0.2, -0.15) is 0 Å². The number of likely N-dealkylation sites (N-methyl/N-ethyl adjacent to an activating group) is 1. The van der Waals surface area contributed by atoms with Crippen LogP contribution in [0.15, 0.2) is 23.2 Å². The average molecular weight is 389 g/mol. The molecule has 1 unspecified atom stereocenters. The summed E-state index contributed by atoms with van der Waals surface area (Å²) in [5.41, 5.74) is 1.16. The van der Waals surface area contributed by atoms with E-state index in [0.717, 1.165) is 49.0 Å². The van der Waals surface area contributed by atoms with Crippen LogP contribution in [-0.4, -0.2) is 56.8 Å². The zero-order valence-corrected chi connectivity index (χ0v) is 17.7. The lowest BCUT2D eigenvalue weighted by molar-refractivity contribution is 0.200. The van der Waals surface area contributed by atoms with E-state index in [0.29, 0.717) is 18.7 Å². The summed E-state index contributed by atoms with van der Waals surface area (Å²) in [6.07, 6.45) is 7.66. The van der Waals surface area contributed by atoms with Gasteiger partial charge in [0, 0.05) is 26.2 Å². The molecule has 28 heavy (non-hydrogen) atoms. The fourth-order valence-electron chi connectivity index (χ4n) is 4.27. The highest BCUT2D eigenvalue weighted by Crippen LogP contribution is 2.32. The Morgan fingerprint density at radius 3 is 2.68 bits per heavy atom. The number of guanidine groups is 1. The smallest absolute Gasteiger partial charge is 0.191 e. The topological polar surface area (TPSA) is 58.1 Å². The molecule has 1 saturated carbocycles. The van der Waals surface area contributed by atoms with E-state index in [-0.39, 0.29) is 0 Å². The Bertz CT molecular complexity index is 643. The molecule has 2 N–H and O–H groups in total. The molecule has 1 aromatic rings. The number of ether oxygens (including phenoxy) is 2. The van der Waals surface area contributed by atoms with Crippen molar-refractivity contribution < 1.29 is 9.47 Å². The standard InChI is InChI=1S/C22H36N4O2/c1-4-26-13-7-8-18(26)16-25-22(23-2)24-15-17-11-12-20(27-3)21(14-17)28-19-9-5-6-10-19/h11-12,14,18-19H,4-10,13,15-16H2,1-3H3,(H2,23,24,25). The Hall–Kier alpha value is -1.95. The van der Waals surface area contributed by atoms with Gasteiger partial charge in [0.25, 0.3) is 0 Å². The first-order chi connectivity index (χ1) is 13.7. The molecule has 156 valence electrons. The minimum Gasteiger partial charge on any atom is -0.493 e. The zero-order chi connectivity index (χ0) is 19.8. The Morgan fingerprint density at radius 2 is 1.96 bits per heavy atom. The lowest BCUT2D eigenvalue weighted by atomic mass is 10.2. The van der Waals surface area contributed by atoms with Crippen molar-refractivity contribution in [2.75, 3.05) is 33.8 Å². The van der Waals surface area contributed by atoms with Gasteiger partial charge >= 0.3 is 0 Å². The summed E-state index contributed by atoms with van der Waals surface area (Å²) in [5, 5.41) is 6.91. The van der Waals surface area contributed by atoms with E-state index >= 15 is 0 Å². The second kappa shape index (κ2) is 10.6. The van der Waals surface area contributed by atoms with Crippen molar-refractivity contribution >= 4 is 5.96 Å². The van der Waals surface area contributed by atoms with Crippen molar-refractivity contribution in [2.45, 2.75) is 64.1 Å². The summed E-state index contributed by atoms with van der Waals surface area (Å²) in [6.45, 7) is 6.21. The van der Waals surface area contributed by atoms with Crippen LogP contribution in [0.2, 0.25) is 0 Å². The van der Waals surface area contributed by atoms with E-state index in [1.807, 2.05) is 13.1 Å². The molecular formula is C22H36N4O2. The molecule has 1 aliphatic carbocycles. The third-order valence-electron chi connectivity index (χ3n) is 5.92. The van der Waals surface area contributed by atoms with Gasteiger partial charge in [-0.25, -0.2) is 0 Å². The third kappa shape index (κ3) is 5.53. The summed E-state index contributed by atoms with van der Waals surface area (Å²) >= 11 is 0. The van der Waals surface area contributed by atoms with Crippen LogP contribution in [0.1, 0.15) is 51.0 Å². The molecule has 1 heterocycles. The number of nitrogens with zero attached hydrogens (tertiary/aromatic N) is 2. The van der Waals surface area contributed by atoms with E-state index in [9.17, 15) is 0 Å². The van der Waals surface area contributed by atoms with Gasteiger partial charge in [-0.3, -0.25) is 9.89 Å². The molecule has 2 fully saturated rings. The molecule has 1 aliphatic heterocycles. The fourth-order valence-corrected chi connectivity index (χ4v) is 4.27. The molecule has 0 spiro atoms. The second-order valence-electron chi connectivity index (χ2n) is 7.74. The molecule has 1 saturated heterocycles. The summed E-state index contributed by atoms with van der Waals surface area (Å²) in [7, 11) is 3.52. The molecule has 6 heteroatoms. The number of rotatable bonds is 8. The summed E-state index contributed by atoms with van der Waals surface area (Å²) in [6, 6.07) is 6.77. The zero-order valence-electron chi connectivity index (χ0n) is 17.7. The van der Waals surface area contributed by atoms with Gasteiger partial charge in [0.05, 0.1) is 13.2 Å². The maximum absolute atomic E-state index is 6.21. The van der Waals surface area contributed by atoms with Crippen LogP contribution in [0.25, 0.3) is 0 Å². The number of nitrogens with one attached hydrogen (secondary N) is 2. The Balaban J connectivity index is 1.53. The van der Waals surface area contributed by atoms with Crippen LogP contribution >= 0.6 is 0 Å². The van der Waals surface area contributed by atoms with Crippen LogP contribution < -0.4 is 20.1 Å². The van der Waals surface area contributed by atoms with Crippen LogP contribution in [0.3, 0.4) is 0 Å². The summed E-state index contributed by atoms with van der Waals surface area (Å²) in [5.74, 6) is 2.50. The largest absolute Gasteiger partial charge is 0.493 e. The minimum atomic E-state index is 0.319. The maximum Gasteiger partial charge on any atom is 0.191 e. The average Bonchev–Trinajstić information content (AvgIpc) is 3.40. The van der Waals surface area contributed by atoms with E-state index < -0.39 is 0 Å². The quantitative estimate of drug-likeness (QED) is 0.529. The predicted molar refractivity (Wildman–Crippen MR) is 114 cm³/mol. The summed E-state index contributed by atoms with van der Waals surface area (Å²) in [4.78, 5) is 6.91. The Kier molecular flexibility index (Phi) is 7.83. The van der Waals surface area contributed by atoms with Crippen molar-refractivity contribution in [2.24, 2.45) is 4.99 Å². The number of hydrogen-bond acceptors (Lipinski definition) is 4. The van der Waals surface area contributed by atoms with Crippen molar-refractivity contribution in [3.8, 4) is 11.5 Å². The normalized spacial score (nSPS) is 21.1. The van der Waals surface area contributed by atoms with Crippen LogP contribution in [0.5, 0.6) is 11.5 Å². The van der Waals surface area contributed by atoms with Gasteiger partial charge in [-0.15, -0.1) is 0 Å². The summed E-state index contributed by atoms with van der Waals surface area (Å²) < 4.78 is 11.7. The van der Waals surface area contributed by atoms with Crippen LogP contribution in [-0.2, 0) is 6.54 Å². The van der Waals surface area contributed by atoms with Gasteiger partial charge in [0.2, 0.25) is 0 Å². The fraction of sp³-hybridized carbons (Fsp3) is 0.682. The SMILES string of the molecule is CCN1CCCC1CNC(=NC)NCc1ccc(OC)c(OC2CCCC2)c1. The first kappa shape index (κ1) is 20.8. The molecule has 6 nitrogen and oxygen atoms in total. The van der Waals surface area contributed by atoms with Gasteiger partial charge < -0.3 is 20.1 Å². The Labute approximate surface area is 169 Å². The lowest BCUT2D eigenvalue weighted by Crippen LogP contribution is -2.44. The third-order valence-corrected chi connectivity index (χ3v) is 5.92. The highest BCUT2D eigenvalue weighted by molar-refractivity contribution is 5.79. The van der Waals surface area contributed by atoms with Gasteiger partial charge in [-0.1, -0.05) is 13.0 Å². The molecule has 0 bridgehead atoms. The molecular weight excluding hydrogens is 352 g/mol. The first-order valence-electron chi connectivity index (χ1n) is 10.8. The monoisotopic (exact) mass is 388 g/mol. The van der Waals surface area contributed by atoms with Crippen LogP contribution in [0.4, 0.5) is 0 Å². The van der Waals surface area contributed by atoms with Gasteiger partial charge in [0.1, 0.15) is 0 Å². The molecule has 1 aromatic carbocycles. The number of aliphatic imine (C=N–C) groups is 1. The molecule has 1 atom stereocenters. The van der Waals surface area contributed by atoms with Crippen molar-refractivity contribution in [1.29, 1.82) is 0 Å². The first-order valence-corrected chi connectivity index (χ1v) is 10.8. The molecule has 3 rings (SSSR count). The molecule has 2 aliphatic rings. The highest BCUT2D eigenvalue weighted by atomic mass is 16.5. The second-order valence-corrected chi connectivity index (χ2v) is 7.74. The predicted octanol–water partition coefficient (Wildman–Crippen LogP) is 3.17. The van der Waals surface area contributed by atoms with Gasteiger partial charge in [-0.05, 0) is 69.3 Å². The minimum absolute atomic E-state index is 0.319. The number of methoxy groups -OCH3 is 1.